The minimum absolute atomic E-state index is 0.0211. The first kappa shape index (κ1) is 14.7. The van der Waals surface area contributed by atoms with Gasteiger partial charge in [0.15, 0.2) is 0 Å². The lowest BCUT2D eigenvalue weighted by atomic mass is 10.1. The summed E-state index contributed by atoms with van der Waals surface area (Å²) in [6.07, 6.45) is 3.26. The van der Waals surface area contributed by atoms with Crippen LogP contribution < -0.4 is 10.6 Å². The Kier molecular flexibility index (Phi) is 4.32. The van der Waals surface area contributed by atoms with Crippen molar-refractivity contribution in [3.8, 4) is 11.5 Å². The van der Waals surface area contributed by atoms with Gasteiger partial charge in [-0.2, -0.15) is 5.10 Å². The molecule has 1 atom stereocenters. The molecule has 1 aromatic carbocycles. The SMILES string of the molecule is CNC(=O)Cn1cc(NC(C)c2c(O)cccc2O)cn1. The van der Waals surface area contributed by atoms with E-state index in [2.05, 4.69) is 15.7 Å². The van der Waals surface area contributed by atoms with Gasteiger partial charge in [-0.3, -0.25) is 9.48 Å². The molecule has 2 rings (SSSR count). The lowest BCUT2D eigenvalue weighted by Crippen LogP contribution is -2.23. The van der Waals surface area contributed by atoms with Crippen molar-refractivity contribution in [2.24, 2.45) is 0 Å². The van der Waals surface area contributed by atoms with Gasteiger partial charge in [0.2, 0.25) is 5.91 Å². The maximum Gasteiger partial charge on any atom is 0.241 e. The maximum absolute atomic E-state index is 11.3. The van der Waals surface area contributed by atoms with Crippen LogP contribution in [0.1, 0.15) is 18.5 Å². The predicted octanol–water partition coefficient (Wildman–Crippen LogP) is 1.21. The van der Waals surface area contributed by atoms with Gasteiger partial charge in [0, 0.05) is 13.2 Å². The van der Waals surface area contributed by atoms with E-state index in [1.807, 2.05) is 6.92 Å². The fourth-order valence-electron chi connectivity index (χ4n) is 2.06. The molecule has 1 heterocycles. The molecular formula is C14H18N4O3. The van der Waals surface area contributed by atoms with Crippen LogP contribution in [0.4, 0.5) is 5.69 Å². The number of nitrogens with one attached hydrogen (secondary N) is 2. The zero-order chi connectivity index (χ0) is 15.4. The van der Waals surface area contributed by atoms with Crippen molar-refractivity contribution < 1.29 is 15.0 Å². The van der Waals surface area contributed by atoms with Crippen molar-refractivity contribution >= 4 is 11.6 Å². The quantitative estimate of drug-likeness (QED) is 0.663. The van der Waals surface area contributed by atoms with Crippen LogP contribution in [0.5, 0.6) is 11.5 Å². The van der Waals surface area contributed by atoms with Crippen molar-refractivity contribution in [1.82, 2.24) is 15.1 Å². The van der Waals surface area contributed by atoms with Crippen LogP contribution in [0.3, 0.4) is 0 Å². The van der Waals surface area contributed by atoms with Gasteiger partial charge in [-0.1, -0.05) is 6.07 Å². The Labute approximate surface area is 122 Å². The summed E-state index contributed by atoms with van der Waals surface area (Å²) >= 11 is 0. The topological polar surface area (TPSA) is 99.4 Å². The number of carbonyl (C=O) groups is 1. The number of nitrogens with zero attached hydrogens (tertiary/aromatic N) is 2. The lowest BCUT2D eigenvalue weighted by molar-refractivity contribution is -0.121. The van der Waals surface area contributed by atoms with Gasteiger partial charge in [-0.25, -0.2) is 0 Å². The summed E-state index contributed by atoms with van der Waals surface area (Å²) in [5.74, 6) is -0.100. The van der Waals surface area contributed by atoms with Crippen LogP contribution in [0.25, 0.3) is 0 Å². The molecule has 0 radical (unpaired) electrons. The Morgan fingerprint density at radius 1 is 1.38 bits per heavy atom. The van der Waals surface area contributed by atoms with E-state index >= 15 is 0 Å². The average Bonchev–Trinajstić information content (AvgIpc) is 2.85. The molecular weight excluding hydrogens is 272 g/mol. The number of aromatic hydroxyl groups is 2. The van der Waals surface area contributed by atoms with Gasteiger partial charge in [-0.05, 0) is 19.1 Å². The Morgan fingerprint density at radius 2 is 2.05 bits per heavy atom. The van der Waals surface area contributed by atoms with Crippen LogP contribution in [-0.4, -0.2) is 32.9 Å². The number of aromatic nitrogens is 2. The van der Waals surface area contributed by atoms with E-state index in [1.54, 1.807) is 25.5 Å². The third-order valence-corrected chi connectivity index (χ3v) is 3.09. The van der Waals surface area contributed by atoms with Gasteiger partial charge in [0.25, 0.3) is 0 Å². The molecule has 0 aliphatic heterocycles. The smallest absolute Gasteiger partial charge is 0.241 e. The second kappa shape index (κ2) is 6.17. The molecule has 21 heavy (non-hydrogen) atoms. The van der Waals surface area contributed by atoms with E-state index in [-0.39, 0.29) is 30.0 Å². The van der Waals surface area contributed by atoms with Crippen molar-refractivity contribution in [2.75, 3.05) is 12.4 Å². The molecule has 4 N–H and O–H groups in total. The standard InChI is InChI=1S/C14H18N4O3/c1-9(14-11(19)4-3-5-12(14)20)17-10-6-16-18(7-10)8-13(21)15-2/h3-7,9,17,19-20H,8H2,1-2H3,(H,15,21). The zero-order valence-electron chi connectivity index (χ0n) is 11.9. The molecule has 0 spiro atoms. The Bertz CT molecular complexity index is 619. The molecule has 2 aromatic rings. The third kappa shape index (κ3) is 3.44. The normalized spacial score (nSPS) is 11.9. The minimum atomic E-state index is -0.316. The van der Waals surface area contributed by atoms with E-state index in [0.717, 1.165) is 0 Å². The summed E-state index contributed by atoms with van der Waals surface area (Å²) < 4.78 is 1.50. The maximum atomic E-state index is 11.3. The van der Waals surface area contributed by atoms with Crippen molar-refractivity contribution in [2.45, 2.75) is 19.5 Å². The molecule has 112 valence electrons. The fourth-order valence-corrected chi connectivity index (χ4v) is 2.06. The van der Waals surface area contributed by atoms with E-state index in [4.69, 9.17) is 0 Å². The molecule has 1 amide bonds. The predicted molar refractivity (Wildman–Crippen MR) is 78.1 cm³/mol. The average molecular weight is 290 g/mol. The third-order valence-electron chi connectivity index (χ3n) is 3.09. The summed E-state index contributed by atoms with van der Waals surface area (Å²) in [7, 11) is 1.56. The summed E-state index contributed by atoms with van der Waals surface area (Å²) in [5, 5.41) is 29.3. The van der Waals surface area contributed by atoms with Crippen LogP contribution in [0.15, 0.2) is 30.6 Å². The number of hydrogen-bond donors (Lipinski definition) is 4. The monoisotopic (exact) mass is 290 g/mol. The highest BCUT2D eigenvalue weighted by Crippen LogP contribution is 2.33. The van der Waals surface area contributed by atoms with Gasteiger partial charge in [-0.15, -0.1) is 0 Å². The number of hydrogen-bond acceptors (Lipinski definition) is 5. The van der Waals surface area contributed by atoms with E-state index in [9.17, 15) is 15.0 Å². The van der Waals surface area contributed by atoms with Gasteiger partial charge in [0.1, 0.15) is 18.0 Å². The molecule has 1 unspecified atom stereocenters. The zero-order valence-corrected chi connectivity index (χ0v) is 11.9. The first-order chi connectivity index (χ1) is 10.0. The molecule has 0 aliphatic rings. The van der Waals surface area contributed by atoms with Crippen molar-refractivity contribution in [3.05, 3.63) is 36.2 Å². The molecule has 0 aliphatic carbocycles. The Morgan fingerprint density at radius 3 is 2.67 bits per heavy atom. The lowest BCUT2D eigenvalue weighted by Gasteiger charge is -2.16. The molecule has 0 fully saturated rings. The largest absolute Gasteiger partial charge is 0.507 e. The van der Waals surface area contributed by atoms with E-state index in [1.165, 1.54) is 16.8 Å². The number of carbonyl (C=O) groups excluding carboxylic acids is 1. The first-order valence-corrected chi connectivity index (χ1v) is 6.51. The minimum Gasteiger partial charge on any atom is -0.507 e. The first-order valence-electron chi connectivity index (χ1n) is 6.51. The second-order valence-corrected chi connectivity index (χ2v) is 4.68. The highest BCUT2D eigenvalue weighted by molar-refractivity contribution is 5.75. The van der Waals surface area contributed by atoms with Crippen molar-refractivity contribution in [3.63, 3.8) is 0 Å². The number of benzene rings is 1. The molecule has 1 aromatic heterocycles. The molecule has 0 bridgehead atoms. The van der Waals surface area contributed by atoms with Crippen LogP contribution in [0.2, 0.25) is 0 Å². The second-order valence-electron chi connectivity index (χ2n) is 4.68. The number of amides is 1. The van der Waals surface area contributed by atoms with E-state index < -0.39 is 0 Å². The van der Waals surface area contributed by atoms with E-state index in [0.29, 0.717) is 11.3 Å². The van der Waals surface area contributed by atoms with Gasteiger partial charge in [0.05, 0.1) is 23.5 Å². The van der Waals surface area contributed by atoms with Gasteiger partial charge < -0.3 is 20.8 Å². The number of phenols is 2. The number of rotatable bonds is 5. The molecule has 7 heteroatoms. The molecule has 0 saturated carbocycles. The fraction of sp³-hybridized carbons (Fsp3) is 0.286. The number of likely N-dealkylation sites (N-methyl/N-ethyl adjacent to an activating group) is 1. The summed E-state index contributed by atoms with van der Waals surface area (Å²) in [6, 6.07) is 4.29. The molecule has 0 saturated heterocycles. The number of phenolic OH excluding ortho intramolecular Hbond substituents is 2. The summed E-state index contributed by atoms with van der Waals surface area (Å²) in [5.41, 5.74) is 1.10. The Balaban J connectivity index is 2.09. The number of anilines is 1. The highest BCUT2D eigenvalue weighted by Gasteiger charge is 2.15. The highest BCUT2D eigenvalue weighted by atomic mass is 16.3. The molecule has 7 nitrogen and oxygen atoms in total. The van der Waals surface area contributed by atoms with Crippen molar-refractivity contribution in [1.29, 1.82) is 0 Å². The van der Waals surface area contributed by atoms with Crippen LogP contribution >= 0.6 is 0 Å². The van der Waals surface area contributed by atoms with Crippen LogP contribution in [0, 0.1) is 0 Å². The van der Waals surface area contributed by atoms with Crippen LogP contribution in [-0.2, 0) is 11.3 Å². The summed E-state index contributed by atoms with van der Waals surface area (Å²) in [4.78, 5) is 11.3. The summed E-state index contributed by atoms with van der Waals surface area (Å²) in [6.45, 7) is 1.94. The Hall–Kier alpha value is -2.70. The van der Waals surface area contributed by atoms with Gasteiger partial charge >= 0.3 is 0 Å².